The van der Waals surface area contributed by atoms with Gasteiger partial charge in [0.25, 0.3) is 5.91 Å². The molecule has 0 spiro atoms. The Morgan fingerprint density at radius 1 is 1.28 bits per heavy atom. The van der Waals surface area contributed by atoms with Gasteiger partial charge in [-0.1, -0.05) is 12.1 Å². The number of halogens is 2. The Balaban J connectivity index is 0.00000240. The Morgan fingerprint density at radius 2 is 2.07 bits per heavy atom. The molecule has 1 aliphatic rings. The third-order valence-electron chi connectivity index (χ3n) is 4.99. The van der Waals surface area contributed by atoms with Gasteiger partial charge in [0.1, 0.15) is 5.82 Å². The molecule has 1 amide bonds. The van der Waals surface area contributed by atoms with Crippen molar-refractivity contribution >= 4 is 29.7 Å². The van der Waals surface area contributed by atoms with E-state index in [-0.39, 0.29) is 30.0 Å². The minimum atomic E-state index is -0.357. The zero-order valence-electron chi connectivity index (χ0n) is 16.0. The average Bonchev–Trinajstić information content (AvgIpc) is 3.38. The molecule has 154 valence electrons. The Bertz CT molecular complexity index is 954. The maximum absolute atomic E-state index is 13.7. The molecule has 0 bridgehead atoms. The summed E-state index contributed by atoms with van der Waals surface area (Å²) in [5, 5.41) is 9.59. The highest BCUT2D eigenvalue weighted by Crippen LogP contribution is 2.26. The first-order valence-corrected chi connectivity index (χ1v) is 10.2. The third kappa shape index (κ3) is 4.66. The van der Waals surface area contributed by atoms with E-state index < -0.39 is 0 Å². The quantitative estimate of drug-likeness (QED) is 0.664. The van der Waals surface area contributed by atoms with Gasteiger partial charge in [0.15, 0.2) is 5.82 Å². The van der Waals surface area contributed by atoms with E-state index in [9.17, 15) is 9.18 Å². The summed E-state index contributed by atoms with van der Waals surface area (Å²) < 4.78 is 15.3. The van der Waals surface area contributed by atoms with Gasteiger partial charge in [0, 0.05) is 13.1 Å². The van der Waals surface area contributed by atoms with Gasteiger partial charge in [-0.05, 0) is 62.0 Å². The number of carbonyl (C=O) groups excluding carboxylic acids is 1. The summed E-state index contributed by atoms with van der Waals surface area (Å²) in [6.45, 7) is 2.37. The number of thiophene rings is 1. The number of carbonyl (C=O) groups is 1. The number of rotatable bonds is 5. The first-order valence-electron chi connectivity index (χ1n) is 9.36. The van der Waals surface area contributed by atoms with Crippen molar-refractivity contribution in [3.05, 3.63) is 53.4 Å². The number of nitrogens with one attached hydrogen (secondary N) is 1. The van der Waals surface area contributed by atoms with Crippen molar-refractivity contribution in [2.45, 2.75) is 12.8 Å². The van der Waals surface area contributed by atoms with Crippen LogP contribution in [0, 0.1) is 11.7 Å². The standard InChI is InChI=1S/C20H22FN5OS.ClH/c1-22-13-14-7-9-25(10-8-14)20(27)18-23-19(17-6-3-11-28-17)26(24-18)16-5-2-4-15(21)12-16;/h2-6,11-12,14,22H,7-10,13H2,1H3;1H. The predicted molar refractivity (Wildman–Crippen MR) is 114 cm³/mol. The number of hydrogen-bond donors (Lipinski definition) is 1. The van der Waals surface area contributed by atoms with E-state index >= 15 is 0 Å². The highest BCUT2D eigenvalue weighted by molar-refractivity contribution is 7.13. The maximum atomic E-state index is 13.7. The number of hydrogen-bond acceptors (Lipinski definition) is 5. The Labute approximate surface area is 179 Å². The molecule has 29 heavy (non-hydrogen) atoms. The first-order chi connectivity index (χ1) is 13.7. The van der Waals surface area contributed by atoms with Crippen LogP contribution < -0.4 is 5.32 Å². The van der Waals surface area contributed by atoms with Crippen LogP contribution in [0.4, 0.5) is 4.39 Å². The number of nitrogens with zero attached hydrogens (tertiary/aromatic N) is 4. The van der Waals surface area contributed by atoms with Crippen LogP contribution in [0.15, 0.2) is 41.8 Å². The van der Waals surface area contributed by atoms with Gasteiger partial charge in [0.05, 0.1) is 10.6 Å². The van der Waals surface area contributed by atoms with Crippen molar-refractivity contribution < 1.29 is 9.18 Å². The Hall–Kier alpha value is -2.29. The average molecular weight is 436 g/mol. The van der Waals surface area contributed by atoms with Crippen molar-refractivity contribution in [3.8, 4) is 16.4 Å². The number of likely N-dealkylation sites (tertiary alicyclic amines) is 1. The van der Waals surface area contributed by atoms with E-state index in [0.717, 1.165) is 24.3 Å². The second-order valence-electron chi connectivity index (χ2n) is 6.92. The molecule has 1 fully saturated rings. The number of piperidine rings is 1. The summed E-state index contributed by atoms with van der Waals surface area (Å²) in [4.78, 5) is 20.2. The van der Waals surface area contributed by atoms with Gasteiger partial charge < -0.3 is 10.2 Å². The zero-order chi connectivity index (χ0) is 19.5. The second kappa shape index (κ2) is 9.47. The molecule has 6 nitrogen and oxygen atoms in total. The van der Waals surface area contributed by atoms with Crippen LogP contribution in [0.25, 0.3) is 16.4 Å². The molecule has 0 atom stereocenters. The molecule has 0 aliphatic carbocycles. The molecule has 9 heteroatoms. The van der Waals surface area contributed by atoms with Crippen molar-refractivity contribution in [2.24, 2.45) is 5.92 Å². The van der Waals surface area contributed by atoms with Crippen molar-refractivity contribution in [3.63, 3.8) is 0 Å². The molecule has 1 N–H and O–H groups in total. The van der Waals surface area contributed by atoms with Crippen molar-refractivity contribution in [2.75, 3.05) is 26.7 Å². The van der Waals surface area contributed by atoms with Crippen molar-refractivity contribution in [1.82, 2.24) is 25.0 Å². The predicted octanol–water partition coefficient (Wildman–Crippen LogP) is 3.63. The minimum Gasteiger partial charge on any atom is -0.336 e. The van der Waals surface area contributed by atoms with E-state index in [1.807, 2.05) is 29.5 Å². The lowest BCUT2D eigenvalue weighted by Crippen LogP contribution is -2.40. The highest BCUT2D eigenvalue weighted by Gasteiger charge is 2.27. The van der Waals surface area contributed by atoms with E-state index in [1.54, 1.807) is 16.8 Å². The van der Waals surface area contributed by atoms with Crippen LogP contribution in [0.5, 0.6) is 0 Å². The molecule has 0 saturated carbocycles. The zero-order valence-corrected chi connectivity index (χ0v) is 17.7. The van der Waals surface area contributed by atoms with Gasteiger partial charge in [0.2, 0.25) is 5.82 Å². The molecule has 4 rings (SSSR count). The fourth-order valence-corrected chi connectivity index (χ4v) is 4.22. The van der Waals surface area contributed by atoms with Crippen molar-refractivity contribution in [1.29, 1.82) is 0 Å². The van der Waals surface area contributed by atoms with Crippen LogP contribution >= 0.6 is 23.7 Å². The number of amides is 1. The summed E-state index contributed by atoms with van der Waals surface area (Å²) in [6.07, 6.45) is 1.93. The van der Waals surface area contributed by atoms with Crippen LogP contribution in [0.2, 0.25) is 0 Å². The normalized spacial score (nSPS) is 14.6. The number of benzene rings is 1. The van der Waals surface area contributed by atoms with Crippen LogP contribution in [0.1, 0.15) is 23.5 Å². The smallest absolute Gasteiger partial charge is 0.293 e. The lowest BCUT2D eigenvalue weighted by molar-refractivity contribution is 0.0678. The van der Waals surface area contributed by atoms with Gasteiger partial charge in [-0.25, -0.2) is 14.1 Å². The van der Waals surface area contributed by atoms with E-state index in [4.69, 9.17) is 0 Å². The molecular formula is C20H23ClFN5OS. The maximum Gasteiger partial charge on any atom is 0.293 e. The molecule has 0 radical (unpaired) electrons. The summed E-state index contributed by atoms with van der Waals surface area (Å²) in [5.41, 5.74) is 0.544. The SMILES string of the molecule is CNCC1CCN(C(=O)c2nc(-c3cccs3)n(-c3cccc(F)c3)n2)CC1.Cl. The molecule has 1 saturated heterocycles. The summed E-state index contributed by atoms with van der Waals surface area (Å²) in [6, 6.07) is 9.99. The van der Waals surface area contributed by atoms with Crippen LogP contribution in [-0.4, -0.2) is 52.3 Å². The van der Waals surface area contributed by atoms with Crippen LogP contribution in [0.3, 0.4) is 0 Å². The van der Waals surface area contributed by atoms with Gasteiger partial charge in [-0.15, -0.1) is 28.8 Å². The highest BCUT2D eigenvalue weighted by atomic mass is 35.5. The lowest BCUT2D eigenvalue weighted by atomic mass is 9.97. The van der Waals surface area contributed by atoms with Gasteiger partial charge in [-0.3, -0.25) is 4.79 Å². The van der Waals surface area contributed by atoms with E-state index in [2.05, 4.69) is 15.4 Å². The molecular weight excluding hydrogens is 413 g/mol. The van der Waals surface area contributed by atoms with Gasteiger partial charge >= 0.3 is 0 Å². The summed E-state index contributed by atoms with van der Waals surface area (Å²) in [5.74, 6) is 0.766. The molecule has 3 aromatic rings. The third-order valence-corrected chi connectivity index (χ3v) is 5.85. The van der Waals surface area contributed by atoms with Gasteiger partial charge in [-0.2, -0.15) is 0 Å². The topological polar surface area (TPSA) is 63.1 Å². The minimum absolute atomic E-state index is 0. The Kier molecular flexibility index (Phi) is 7.00. The summed E-state index contributed by atoms with van der Waals surface area (Å²) >= 11 is 1.51. The molecule has 1 aliphatic heterocycles. The molecule has 0 unspecified atom stereocenters. The second-order valence-corrected chi connectivity index (χ2v) is 7.87. The van der Waals surface area contributed by atoms with E-state index in [1.165, 1.54) is 23.5 Å². The largest absolute Gasteiger partial charge is 0.336 e. The lowest BCUT2D eigenvalue weighted by Gasteiger charge is -2.31. The molecule has 3 heterocycles. The Morgan fingerprint density at radius 3 is 2.72 bits per heavy atom. The first kappa shape index (κ1) is 21.4. The monoisotopic (exact) mass is 435 g/mol. The van der Waals surface area contributed by atoms with Crippen LogP contribution in [-0.2, 0) is 0 Å². The van der Waals surface area contributed by atoms with E-state index in [0.29, 0.717) is 30.5 Å². The molecule has 2 aromatic heterocycles. The number of aromatic nitrogens is 3. The molecule has 1 aromatic carbocycles. The summed E-state index contributed by atoms with van der Waals surface area (Å²) in [7, 11) is 1.95. The fraction of sp³-hybridized carbons (Fsp3) is 0.350. The fourth-order valence-electron chi connectivity index (χ4n) is 3.53.